The van der Waals surface area contributed by atoms with Crippen LogP contribution in [0.5, 0.6) is 0 Å². The first-order valence-electron chi connectivity index (χ1n) is 6.28. The molecule has 9 N–H and O–H groups in total. The Morgan fingerprint density at radius 2 is 1.71 bits per heavy atom. The third kappa shape index (κ3) is 9.35. The maximum Gasteiger partial charge on any atom is 0.330 e. The van der Waals surface area contributed by atoms with Crippen LogP contribution in [-0.4, -0.2) is 47.6 Å². The van der Waals surface area contributed by atoms with Crippen LogP contribution in [-0.2, 0) is 19.1 Å². The Hall–Kier alpha value is -2.20. The molecule has 10 nitrogen and oxygen atoms in total. The van der Waals surface area contributed by atoms with Gasteiger partial charge in [0.25, 0.3) is 0 Å². The summed E-state index contributed by atoms with van der Waals surface area (Å²) in [5, 5.41) is 8.53. The van der Waals surface area contributed by atoms with Crippen molar-refractivity contribution >= 4 is 23.9 Å². The fraction of sp³-hybridized carbons (Fsp3) is 0.636. The molecule has 0 aliphatic heterocycles. The van der Waals surface area contributed by atoms with Crippen molar-refractivity contribution in [3.63, 3.8) is 0 Å². The second kappa shape index (κ2) is 9.66. The minimum absolute atomic E-state index is 0.0592. The number of hydrogen-bond donors (Lipinski definition) is 5. The molecule has 120 valence electrons. The van der Waals surface area contributed by atoms with Crippen molar-refractivity contribution in [2.24, 2.45) is 27.9 Å². The zero-order valence-corrected chi connectivity index (χ0v) is 11.5. The van der Waals surface area contributed by atoms with E-state index in [4.69, 9.17) is 28.0 Å². The molecule has 0 unspecified atom stereocenters. The summed E-state index contributed by atoms with van der Waals surface area (Å²) in [4.78, 5) is 36.9. The van der Waals surface area contributed by atoms with Gasteiger partial charge in [-0.25, -0.2) is 4.79 Å². The molecule has 0 spiro atoms. The van der Waals surface area contributed by atoms with E-state index in [-0.39, 0.29) is 25.2 Å². The van der Waals surface area contributed by atoms with Gasteiger partial charge in [-0.2, -0.15) is 0 Å². The van der Waals surface area contributed by atoms with E-state index in [2.05, 4.69) is 9.73 Å². The van der Waals surface area contributed by atoms with Crippen molar-refractivity contribution in [2.45, 2.75) is 37.8 Å². The van der Waals surface area contributed by atoms with Crippen LogP contribution < -0.4 is 22.9 Å². The van der Waals surface area contributed by atoms with E-state index in [1.54, 1.807) is 0 Å². The molecule has 0 aromatic rings. The van der Waals surface area contributed by atoms with E-state index < -0.39 is 30.0 Å². The first-order chi connectivity index (χ1) is 9.73. The quantitative estimate of drug-likeness (QED) is 0.101. The Kier molecular flexibility index (Phi) is 8.65. The van der Waals surface area contributed by atoms with Crippen LogP contribution >= 0.6 is 0 Å². The van der Waals surface area contributed by atoms with Crippen LogP contribution in [0, 0.1) is 0 Å². The first kappa shape index (κ1) is 18.8. The van der Waals surface area contributed by atoms with Crippen LogP contribution in [0.2, 0.25) is 0 Å². The van der Waals surface area contributed by atoms with Crippen LogP contribution in [0.4, 0.5) is 0 Å². The SMILES string of the molecule is NC(N)=NCCC[C@@H](N)C(=O)OC(=O)CC[C@@H](N)C(=O)O. The van der Waals surface area contributed by atoms with Crippen molar-refractivity contribution < 1.29 is 24.2 Å². The summed E-state index contributed by atoms with van der Waals surface area (Å²) in [6.45, 7) is 0.310. The fourth-order valence-electron chi connectivity index (χ4n) is 1.27. The number of guanidine groups is 1. The van der Waals surface area contributed by atoms with Gasteiger partial charge in [0.05, 0.1) is 0 Å². The lowest BCUT2D eigenvalue weighted by Gasteiger charge is -2.10. The van der Waals surface area contributed by atoms with Crippen molar-refractivity contribution in [1.29, 1.82) is 0 Å². The highest BCUT2D eigenvalue weighted by molar-refractivity contribution is 5.88. The molecule has 0 radical (unpaired) electrons. The summed E-state index contributed by atoms with van der Waals surface area (Å²) in [6.07, 6.45) is 0.297. The normalized spacial score (nSPS) is 13.0. The topological polar surface area (TPSA) is 197 Å². The van der Waals surface area contributed by atoms with E-state index in [1.807, 2.05) is 0 Å². The van der Waals surface area contributed by atoms with Gasteiger partial charge in [0.2, 0.25) is 0 Å². The molecule has 0 aromatic heterocycles. The molecule has 10 heteroatoms. The van der Waals surface area contributed by atoms with E-state index in [9.17, 15) is 14.4 Å². The molecule has 0 amide bonds. The number of aliphatic carboxylic acids is 1. The number of rotatable bonds is 9. The number of carbonyl (C=O) groups excluding carboxylic acids is 2. The fourth-order valence-corrected chi connectivity index (χ4v) is 1.27. The molecular formula is C11H21N5O5. The summed E-state index contributed by atoms with van der Waals surface area (Å²) < 4.78 is 4.48. The van der Waals surface area contributed by atoms with Crippen molar-refractivity contribution in [3.05, 3.63) is 0 Å². The van der Waals surface area contributed by atoms with E-state index >= 15 is 0 Å². The number of carbonyl (C=O) groups is 3. The average Bonchev–Trinajstić information content (AvgIpc) is 2.40. The van der Waals surface area contributed by atoms with Crippen LogP contribution in [0.15, 0.2) is 4.99 Å². The summed E-state index contributed by atoms with van der Waals surface area (Å²) in [5.74, 6) is -3.04. The lowest BCUT2D eigenvalue weighted by Crippen LogP contribution is -2.35. The summed E-state index contributed by atoms with van der Waals surface area (Å²) in [7, 11) is 0. The number of ether oxygens (including phenoxy) is 1. The first-order valence-corrected chi connectivity index (χ1v) is 6.28. The van der Waals surface area contributed by atoms with Crippen LogP contribution in [0.1, 0.15) is 25.7 Å². The number of hydrogen-bond acceptors (Lipinski definition) is 7. The summed E-state index contributed by atoms with van der Waals surface area (Å²) in [6, 6.07) is -2.16. The summed E-state index contributed by atoms with van der Waals surface area (Å²) >= 11 is 0. The lowest BCUT2D eigenvalue weighted by atomic mass is 10.1. The van der Waals surface area contributed by atoms with Gasteiger partial charge in [-0.1, -0.05) is 0 Å². The monoisotopic (exact) mass is 303 g/mol. The predicted molar refractivity (Wildman–Crippen MR) is 73.8 cm³/mol. The highest BCUT2D eigenvalue weighted by atomic mass is 16.6. The summed E-state index contributed by atoms with van der Waals surface area (Å²) in [5.41, 5.74) is 21.0. The van der Waals surface area contributed by atoms with Gasteiger partial charge in [0.15, 0.2) is 5.96 Å². The van der Waals surface area contributed by atoms with E-state index in [0.29, 0.717) is 13.0 Å². The zero-order chi connectivity index (χ0) is 16.4. The van der Waals surface area contributed by atoms with Crippen LogP contribution in [0.25, 0.3) is 0 Å². The maximum atomic E-state index is 11.5. The number of nitrogens with zero attached hydrogens (tertiary/aromatic N) is 1. The standard InChI is InChI=1S/C11H21N5O5/c12-6(9(18)19)3-4-8(17)21-10(20)7(13)2-1-5-16-11(14)15/h6-7H,1-5,12-13H2,(H,18,19)(H4,14,15,16)/t6-,7-/m1/s1. The second-order valence-corrected chi connectivity index (χ2v) is 4.33. The molecule has 0 aliphatic carbocycles. The average molecular weight is 303 g/mol. The van der Waals surface area contributed by atoms with Gasteiger partial charge in [-0.3, -0.25) is 14.6 Å². The lowest BCUT2D eigenvalue weighted by molar-refractivity contribution is -0.160. The number of aliphatic imine (C=N–C) groups is 1. The van der Waals surface area contributed by atoms with Crippen molar-refractivity contribution in [1.82, 2.24) is 0 Å². The Morgan fingerprint density at radius 3 is 2.24 bits per heavy atom. The minimum atomic E-state index is -1.23. The molecular weight excluding hydrogens is 282 g/mol. The van der Waals surface area contributed by atoms with Gasteiger partial charge in [0.1, 0.15) is 12.1 Å². The largest absolute Gasteiger partial charge is 0.480 e. The van der Waals surface area contributed by atoms with Crippen LogP contribution in [0.3, 0.4) is 0 Å². The third-order valence-corrected chi connectivity index (χ3v) is 2.46. The van der Waals surface area contributed by atoms with E-state index in [1.165, 1.54) is 0 Å². The number of nitrogens with two attached hydrogens (primary N) is 4. The van der Waals surface area contributed by atoms with Crippen molar-refractivity contribution in [3.8, 4) is 0 Å². The highest BCUT2D eigenvalue weighted by Crippen LogP contribution is 2.02. The van der Waals surface area contributed by atoms with Crippen molar-refractivity contribution in [2.75, 3.05) is 6.54 Å². The molecule has 0 aliphatic rings. The smallest absolute Gasteiger partial charge is 0.330 e. The molecule has 0 saturated carbocycles. The maximum absolute atomic E-state index is 11.5. The number of esters is 2. The molecule has 0 aromatic carbocycles. The second-order valence-electron chi connectivity index (χ2n) is 4.33. The molecule has 0 rings (SSSR count). The molecule has 0 bridgehead atoms. The molecule has 21 heavy (non-hydrogen) atoms. The number of carboxylic acids is 1. The Morgan fingerprint density at radius 1 is 1.10 bits per heavy atom. The van der Waals surface area contributed by atoms with Gasteiger partial charge < -0.3 is 32.8 Å². The molecule has 0 fully saturated rings. The zero-order valence-electron chi connectivity index (χ0n) is 11.5. The Bertz CT molecular complexity index is 408. The van der Waals surface area contributed by atoms with Gasteiger partial charge in [0, 0.05) is 13.0 Å². The third-order valence-electron chi connectivity index (χ3n) is 2.46. The van der Waals surface area contributed by atoms with Gasteiger partial charge in [-0.15, -0.1) is 0 Å². The number of carboxylic acid groups (broad SMARTS) is 1. The highest BCUT2D eigenvalue weighted by Gasteiger charge is 2.20. The van der Waals surface area contributed by atoms with Gasteiger partial charge in [-0.05, 0) is 19.3 Å². The molecule has 0 saturated heterocycles. The van der Waals surface area contributed by atoms with Gasteiger partial charge >= 0.3 is 17.9 Å². The molecule has 0 heterocycles. The minimum Gasteiger partial charge on any atom is -0.480 e. The Labute approximate surface area is 121 Å². The predicted octanol–water partition coefficient (Wildman–Crippen LogP) is -2.37. The Balaban J connectivity index is 3.97. The molecule has 2 atom stereocenters. The van der Waals surface area contributed by atoms with E-state index in [0.717, 1.165) is 0 Å².